The van der Waals surface area contributed by atoms with Crippen LogP contribution in [0.25, 0.3) is 10.8 Å². The summed E-state index contributed by atoms with van der Waals surface area (Å²) in [6, 6.07) is 20.6. The van der Waals surface area contributed by atoms with Crippen LogP contribution in [-0.4, -0.2) is 37.1 Å². The van der Waals surface area contributed by atoms with Crippen LogP contribution in [0.3, 0.4) is 0 Å². The fourth-order valence-corrected chi connectivity index (χ4v) is 4.31. The molecule has 5 rings (SSSR count). The molecule has 148 valence electrons. The fourth-order valence-electron chi connectivity index (χ4n) is 4.31. The number of rotatable bonds is 4. The van der Waals surface area contributed by atoms with Crippen molar-refractivity contribution < 1.29 is 14.3 Å². The van der Waals surface area contributed by atoms with Crippen LogP contribution in [0.4, 0.5) is 5.69 Å². The first kappa shape index (κ1) is 18.0. The molecule has 0 aliphatic carbocycles. The van der Waals surface area contributed by atoms with E-state index in [1.54, 1.807) is 0 Å². The number of carbonyl (C=O) groups excluding carboxylic acids is 1. The minimum atomic E-state index is 0.0183. The van der Waals surface area contributed by atoms with Crippen molar-refractivity contribution in [3.05, 3.63) is 66.2 Å². The highest BCUT2D eigenvalue weighted by atomic mass is 16.6. The number of hydrogen-bond donors (Lipinski definition) is 1. The number of anilines is 1. The molecular formula is C24H24N2O3. The van der Waals surface area contributed by atoms with Crippen LogP contribution in [-0.2, 0) is 4.79 Å². The quantitative estimate of drug-likeness (QED) is 0.720. The average molecular weight is 388 g/mol. The second kappa shape index (κ2) is 7.76. The van der Waals surface area contributed by atoms with E-state index < -0.39 is 0 Å². The van der Waals surface area contributed by atoms with Gasteiger partial charge in [-0.2, -0.15) is 0 Å². The van der Waals surface area contributed by atoms with E-state index in [0.717, 1.165) is 42.0 Å². The molecule has 0 saturated carbocycles. The second-order valence-electron chi connectivity index (χ2n) is 7.64. The lowest BCUT2D eigenvalue weighted by atomic mass is 10.0. The van der Waals surface area contributed by atoms with E-state index in [1.165, 1.54) is 10.9 Å². The number of nitrogens with one attached hydrogen (secondary N) is 1. The lowest BCUT2D eigenvalue weighted by molar-refractivity contribution is -0.117. The van der Waals surface area contributed by atoms with Gasteiger partial charge in [-0.25, -0.2) is 0 Å². The minimum Gasteiger partial charge on any atom is -0.486 e. The molecule has 1 fully saturated rings. The van der Waals surface area contributed by atoms with Crippen LogP contribution in [0.5, 0.6) is 11.5 Å². The Morgan fingerprint density at radius 1 is 0.966 bits per heavy atom. The predicted molar refractivity (Wildman–Crippen MR) is 114 cm³/mol. The van der Waals surface area contributed by atoms with Crippen molar-refractivity contribution in [1.82, 2.24) is 4.90 Å². The molecule has 1 N–H and O–H groups in total. The molecule has 5 heteroatoms. The number of hydrogen-bond acceptors (Lipinski definition) is 4. The maximum absolute atomic E-state index is 12.7. The number of ether oxygens (including phenoxy) is 2. The van der Waals surface area contributed by atoms with E-state index in [4.69, 9.17) is 9.47 Å². The van der Waals surface area contributed by atoms with Gasteiger partial charge in [-0.1, -0.05) is 36.4 Å². The molecule has 0 spiro atoms. The van der Waals surface area contributed by atoms with Gasteiger partial charge in [0.1, 0.15) is 13.2 Å². The molecule has 3 aromatic carbocycles. The molecule has 0 aromatic heterocycles. The van der Waals surface area contributed by atoms with Crippen molar-refractivity contribution in [2.45, 2.75) is 18.9 Å². The van der Waals surface area contributed by atoms with Gasteiger partial charge in [0.15, 0.2) is 11.5 Å². The Labute approximate surface area is 170 Å². The summed E-state index contributed by atoms with van der Waals surface area (Å²) in [5.74, 6) is 1.63. The summed E-state index contributed by atoms with van der Waals surface area (Å²) in [6.45, 7) is 2.48. The van der Waals surface area contributed by atoms with Gasteiger partial charge >= 0.3 is 0 Å². The van der Waals surface area contributed by atoms with Gasteiger partial charge in [0.05, 0.1) is 6.54 Å². The second-order valence-corrected chi connectivity index (χ2v) is 7.64. The monoisotopic (exact) mass is 388 g/mol. The molecule has 0 unspecified atom stereocenters. The number of carbonyl (C=O) groups is 1. The topological polar surface area (TPSA) is 50.8 Å². The van der Waals surface area contributed by atoms with Crippen LogP contribution in [0, 0.1) is 0 Å². The van der Waals surface area contributed by atoms with Gasteiger partial charge in [-0.3, -0.25) is 9.69 Å². The normalized spacial score (nSPS) is 18.7. The summed E-state index contributed by atoms with van der Waals surface area (Å²) in [6.07, 6.45) is 2.13. The fraction of sp³-hybridized carbons (Fsp3) is 0.292. The minimum absolute atomic E-state index is 0.0183. The van der Waals surface area contributed by atoms with Crippen LogP contribution in [0.15, 0.2) is 60.7 Å². The van der Waals surface area contributed by atoms with E-state index in [9.17, 15) is 4.79 Å². The zero-order chi connectivity index (χ0) is 19.6. The Hall–Kier alpha value is -3.05. The van der Waals surface area contributed by atoms with Gasteiger partial charge in [0, 0.05) is 11.7 Å². The molecule has 1 atom stereocenters. The molecule has 2 heterocycles. The van der Waals surface area contributed by atoms with Crippen molar-refractivity contribution in [2.24, 2.45) is 0 Å². The Balaban J connectivity index is 1.28. The Morgan fingerprint density at radius 3 is 2.69 bits per heavy atom. The summed E-state index contributed by atoms with van der Waals surface area (Å²) in [4.78, 5) is 15.0. The number of likely N-dealkylation sites (tertiary alicyclic amines) is 1. The molecular weight excluding hydrogens is 364 g/mol. The molecule has 1 amide bonds. The highest BCUT2D eigenvalue weighted by Gasteiger charge is 2.28. The van der Waals surface area contributed by atoms with Crippen LogP contribution >= 0.6 is 0 Å². The SMILES string of the molecule is O=C(CN1CCC[C@@H]1c1ccc2c(c1)OCCO2)Nc1ccc2ccccc2c1. The summed E-state index contributed by atoms with van der Waals surface area (Å²) < 4.78 is 11.4. The molecule has 0 radical (unpaired) electrons. The Bertz CT molecular complexity index is 1050. The highest BCUT2D eigenvalue weighted by molar-refractivity contribution is 5.95. The lowest BCUT2D eigenvalue weighted by Crippen LogP contribution is -2.33. The lowest BCUT2D eigenvalue weighted by Gasteiger charge is -2.26. The predicted octanol–water partition coefficient (Wildman–Crippen LogP) is 4.39. The van der Waals surface area contributed by atoms with Gasteiger partial charge in [-0.05, 0) is 60.0 Å². The molecule has 2 aliphatic rings. The molecule has 2 aliphatic heterocycles. The van der Waals surface area contributed by atoms with Crippen LogP contribution < -0.4 is 14.8 Å². The third kappa shape index (κ3) is 3.78. The van der Waals surface area contributed by atoms with Crippen LogP contribution in [0.2, 0.25) is 0 Å². The van der Waals surface area contributed by atoms with Gasteiger partial charge in [-0.15, -0.1) is 0 Å². The van der Waals surface area contributed by atoms with E-state index in [0.29, 0.717) is 19.8 Å². The molecule has 1 saturated heterocycles. The van der Waals surface area contributed by atoms with E-state index >= 15 is 0 Å². The molecule has 3 aromatic rings. The maximum atomic E-state index is 12.7. The van der Waals surface area contributed by atoms with Gasteiger partial charge in [0.25, 0.3) is 0 Å². The number of benzene rings is 3. The maximum Gasteiger partial charge on any atom is 0.238 e. The largest absolute Gasteiger partial charge is 0.486 e. The number of fused-ring (bicyclic) bond motifs is 2. The summed E-state index contributed by atoms with van der Waals surface area (Å²) in [7, 11) is 0. The highest BCUT2D eigenvalue weighted by Crippen LogP contribution is 2.37. The van der Waals surface area contributed by atoms with Gasteiger partial charge in [0.2, 0.25) is 5.91 Å². The Kier molecular flexibility index (Phi) is 4.82. The third-order valence-corrected chi connectivity index (χ3v) is 5.69. The van der Waals surface area contributed by atoms with Crippen molar-refractivity contribution in [2.75, 3.05) is 31.6 Å². The summed E-state index contributed by atoms with van der Waals surface area (Å²) in [5.41, 5.74) is 2.02. The first-order valence-electron chi connectivity index (χ1n) is 10.2. The smallest absolute Gasteiger partial charge is 0.238 e. The summed E-state index contributed by atoms with van der Waals surface area (Å²) in [5, 5.41) is 5.35. The number of nitrogens with zero attached hydrogens (tertiary/aromatic N) is 1. The number of amides is 1. The van der Waals surface area contributed by atoms with Crippen molar-refractivity contribution in [1.29, 1.82) is 0 Å². The zero-order valence-corrected chi connectivity index (χ0v) is 16.3. The summed E-state index contributed by atoms with van der Waals surface area (Å²) >= 11 is 0. The van der Waals surface area contributed by atoms with E-state index in [1.807, 2.05) is 36.4 Å². The first-order chi connectivity index (χ1) is 14.3. The standard InChI is InChI=1S/C24H24N2O3/c27-24(25-20-9-7-17-4-1-2-5-18(17)14-20)16-26-11-3-6-21(26)19-8-10-22-23(15-19)29-13-12-28-22/h1-2,4-5,7-10,14-15,21H,3,6,11-13,16H2,(H,25,27)/t21-/m1/s1. The van der Waals surface area contributed by atoms with Crippen molar-refractivity contribution in [3.63, 3.8) is 0 Å². The first-order valence-corrected chi connectivity index (χ1v) is 10.2. The van der Waals surface area contributed by atoms with Crippen molar-refractivity contribution >= 4 is 22.4 Å². The van der Waals surface area contributed by atoms with Crippen LogP contribution in [0.1, 0.15) is 24.4 Å². The van der Waals surface area contributed by atoms with E-state index in [2.05, 4.69) is 34.5 Å². The molecule has 5 nitrogen and oxygen atoms in total. The Morgan fingerprint density at radius 2 is 1.79 bits per heavy atom. The van der Waals surface area contributed by atoms with Crippen molar-refractivity contribution in [3.8, 4) is 11.5 Å². The van der Waals surface area contributed by atoms with Gasteiger partial charge < -0.3 is 14.8 Å². The third-order valence-electron chi connectivity index (χ3n) is 5.69. The zero-order valence-electron chi connectivity index (χ0n) is 16.3. The average Bonchev–Trinajstić information content (AvgIpc) is 3.21. The molecule has 29 heavy (non-hydrogen) atoms. The molecule has 0 bridgehead atoms. The van der Waals surface area contributed by atoms with E-state index in [-0.39, 0.29) is 11.9 Å².